The number of methoxy groups -OCH3 is 1. The maximum atomic E-state index is 12.1. The highest BCUT2D eigenvalue weighted by Gasteiger charge is 2.17. The molecule has 0 saturated heterocycles. The van der Waals surface area contributed by atoms with Crippen LogP contribution in [0.25, 0.3) is 0 Å². The summed E-state index contributed by atoms with van der Waals surface area (Å²) >= 11 is 0. The average Bonchev–Trinajstić information content (AvgIpc) is 2.99. The molecule has 7 heteroatoms. The van der Waals surface area contributed by atoms with E-state index < -0.39 is 6.04 Å². The van der Waals surface area contributed by atoms with Gasteiger partial charge < -0.3 is 15.4 Å². The largest absolute Gasteiger partial charge is 0.497 e. The van der Waals surface area contributed by atoms with Gasteiger partial charge >= 0.3 is 0 Å². The highest BCUT2D eigenvalue weighted by atomic mass is 16.5. The number of nitrogens with zero attached hydrogens (tertiary/aromatic N) is 1. The number of anilines is 1. The van der Waals surface area contributed by atoms with Crippen LogP contribution < -0.4 is 15.4 Å². The van der Waals surface area contributed by atoms with Gasteiger partial charge in [-0.2, -0.15) is 5.10 Å². The Hall–Kier alpha value is -2.83. The maximum absolute atomic E-state index is 12.1. The Kier molecular flexibility index (Phi) is 5.13. The summed E-state index contributed by atoms with van der Waals surface area (Å²) in [5.74, 6) is 0.307. The fourth-order valence-electron chi connectivity index (χ4n) is 2.05. The minimum absolute atomic E-state index is 0.122. The first-order chi connectivity index (χ1) is 10.6. The molecule has 0 radical (unpaired) electrons. The van der Waals surface area contributed by atoms with Gasteiger partial charge in [0, 0.05) is 13.1 Å². The van der Waals surface area contributed by atoms with E-state index in [1.165, 1.54) is 13.1 Å². The number of nitrogens with one attached hydrogen (secondary N) is 3. The normalized spacial score (nSPS) is 11.5. The number of aromatic nitrogens is 2. The number of carbonyl (C=O) groups excluding carboxylic acids is 2. The highest BCUT2D eigenvalue weighted by Crippen LogP contribution is 2.21. The van der Waals surface area contributed by atoms with E-state index in [2.05, 4.69) is 20.8 Å². The molecule has 0 aliphatic carbocycles. The van der Waals surface area contributed by atoms with Gasteiger partial charge in [0.05, 0.1) is 31.5 Å². The smallest absolute Gasteiger partial charge is 0.226 e. The van der Waals surface area contributed by atoms with Gasteiger partial charge in [-0.1, -0.05) is 12.1 Å². The summed E-state index contributed by atoms with van der Waals surface area (Å²) in [4.78, 5) is 23.4. The molecule has 2 aromatic rings. The van der Waals surface area contributed by atoms with Crippen LogP contribution in [0.3, 0.4) is 0 Å². The Labute approximate surface area is 128 Å². The van der Waals surface area contributed by atoms with Crippen molar-refractivity contribution in [3.8, 4) is 5.75 Å². The number of rotatable bonds is 6. The SMILES string of the molecule is COc1ccc([C@@H](CC(=O)Nc2cn[nH]c2)NC(C)=O)cc1. The third kappa shape index (κ3) is 4.34. The number of benzene rings is 1. The van der Waals surface area contributed by atoms with Gasteiger partial charge in [-0.05, 0) is 17.7 Å². The van der Waals surface area contributed by atoms with Gasteiger partial charge in [0.2, 0.25) is 11.8 Å². The van der Waals surface area contributed by atoms with E-state index in [0.717, 1.165) is 5.56 Å². The molecule has 2 amide bonds. The van der Waals surface area contributed by atoms with E-state index in [-0.39, 0.29) is 18.2 Å². The molecule has 1 aromatic carbocycles. The Bertz CT molecular complexity index is 623. The third-order valence-corrected chi connectivity index (χ3v) is 3.07. The van der Waals surface area contributed by atoms with Crippen LogP contribution >= 0.6 is 0 Å². The zero-order valence-corrected chi connectivity index (χ0v) is 12.4. The molecule has 0 bridgehead atoms. The molecule has 2 rings (SSSR count). The molecule has 0 aliphatic heterocycles. The predicted octanol–water partition coefficient (Wildman–Crippen LogP) is 1.62. The van der Waals surface area contributed by atoms with Crippen LogP contribution in [-0.4, -0.2) is 29.1 Å². The number of carbonyl (C=O) groups is 2. The van der Waals surface area contributed by atoms with Gasteiger partial charge in [-0.15, -0.1) is 0 Å². The summed E-state index contributed by atoms with van der Waals surface area (Å²) in [6.07, 6.45) is 3.22. The third-order valence-electron chi connectivity index (χ3n) is 3.07. The Morgan fingerprint density at radius 3 is 2.59 bits per heavy atom. The summed E-state index contributed by atoms with van der Waals surface area (Å²) in [5, 5.41) is 11.9. The van der Waals surface area contributed by atoms with Gasteiger partial charge in [0.15, 0.2) is 0 Å². The number of H-pyrrole nitrogens is 1. The number of hydrogen-bond acceptors (Lipinski definition) is 4. The van der Waals surface area contributed by atoms with Crippen LogP contribution in [-0.2, 0) is 9.59 Å². The molecular formula is C15H18N4O3. The minimum atomic E-state index is -0.407. The fraction of sp³-hybridized carbons (Fsp3) is 0.267. The molecule has 22 heavy (non-hydrogen) atoms. The average molecular weight is 302 g/mol. The van der Waals surface area contributed by atoms with E-state index in [1.54, 1.807) is 25.4 Å². The van der Waals surface area contributed by atoms with E-state index in [1.807, 2.05) is 12.1 Å². The lowest BCUT2D eigenvalue weighted by atomic mass is 10.0. The van der Waals surface area contributed by atoms with E-state index >= 15 is 0 Å². The van der Waals surface area contributed by atoms with Crippen LogP contribution in [0.1, 0.15) is 24.9 Å². The monoisotopic (exact) mass is 302 g/mol. The molecule has 116 valence electrons. The number of hydrogen-bond donors (Lipinski definition) is 3. The van der Waals surface area contributed by atoms with Crippen molar-refractivity contribution in [1.82, 2.24) is 15.5 Å². The van der Waals surface area contributed by atoms with Crippen molar-refractivity contribution in [3.05, 3.63) is 42.2 Å². The lowest BCUT2D eigenvalue weighted by molar-refractivity contribution is -0.120. The van der Waals surface area contributed by atoms with Gasteiger partial charge in [-0.3, -0.25) is 14.7 Å². The van der Waals surface area contributed by atoms with Crippen molar-refractivity contribution < 1.29 is 14.3 Å². The van der Waals surface area contributed by atoms with Crippen LogP contribution in [0.15, 0.2) is 36.7 Å². The summed E-state index contributed by atoms with van der Waals surface area (Å²) in [6.45, 7) is 1.42. The van der Waals surface area contributed by atoms with Crippen LogP contribution in [0.4, 0.5) is 5.69 Å². The Balaban J connectivity index is 2.07. The standard InChI is InChI=1S/C15H18N4O3/c1-10(20)18-14(11-3-5-13(22-2)6-4-11)7-15(21)19-12-8-16-17-9-12/h3-6,8-9,14H,7H2,1-2H3,(H,16,17)(H,18,20)(H,19,21)/t14-/m1/s1. The molecular weight excluding hydrogens is 284 g/mol. The first kappa shape index (κ1) is 15.6. The van der Waals surface area contributed by atoms with Crippen LogP contribution in [0.2, 0.25) is 0 Å². The van der Waals surface area contributed by atoms with Crippen molar-refractivity contribution in [3.63, 3.8) is 0 Å². The van der Waals surface area contributed by atoms with E-state index in [9.17, 15) is 9.59 Å². The molecule has 7 nitrogen and oxygen atoms in total. The van der Waals surface area contributed by atoms with Crippen LogP contribution in [0.5, 0.6) is 5.75 Å². The van der Waals surface area contributed by atoms with Crippen molar-refractivity contribution in [2.75, 3.05) is 12.4 Å². The first-order valence-electron chi connectivity index (χ1n) is 6.78. The molecule has 1 heterocycles. The van der Waals surface area contributed by atoms with Crippen molar-refractivity contribution >= 4 is 17.5 Å². The van der Waals surface area contributed by atoms with Crippen molar-refractivity contribution in [2.45, 2.75) is 19.4 Å². The molecule has 0 aliphatic rings. The zero-order valence-electron chi connectivity index (χ0n) is 12.4. The number of ether oxygens (including phenoxy) is 1. The number of amides is 2. The summed E-state index contributed by atoms with van der Waals surface area (Å²) in [6, 6.07) is 6.82. The van der Waals surface area contributed by atoms with Gasteiger partial charge in [0.25, 0.3) is 0 Å². The quantitative estimate of drug-likeness (QED) is 0.755. The minimum Gasteiger partial charge on any atom is -0.497 e. The molecule has 3 N–H and O–H groups in total. The summed E-state index contributed by atoms with van der Waals surface area (Å²) in [7, 11) is 1.58. The molecule has 0 fully saturated rings. The van der Waals surface area contributed by atoms with Gasteiger partial charge in [0.1, 0.15) is 5.75 Å². The molecule has 0 spiro atoms. The molecule has 0 saturated carbocycles. The maximum Gasteiger partial charge on any atom is 0.226 e. The topological polar surface area (TPSA) is 96.1 Å². The summed E-state index contributed by atoms with van der Waals surface area (Å²) < 4.78 is 5.10. The lowest BCUT2D eigenvalue weighted by Gasteiger charge is -2.18. The van der Waals surface area contributed by atoms with E-state index in [4.69, 9.17) is 4.74 Å². The van der Waals surface area contributed by atoms with Gasteiger partial charge in [-0.25, -0.2) is 0 Å². The zero-order chi connectivity index (χ0) is 15.9. The van der Waals surface area contributed by atoms with Crippen LogP contribution in [0, 0.1) is 0 Å². The van der Waals surface area contributed by atoms with E-state index in [0.29, 0.717) is 11.4 Å². The number of aromatic amines is 1. The van der Waals surface area contributed by atoms with Crippen molar-refractivity contribution in [1.29, 1.82) is 0 Å². The second kappa shape index (κ2) is 7.26. The molecule has 0 unspecified atom stereocenters. The first-order valence-corrected chi connectivity index (χ1v) is 6.78. The Morgan fingerprint density at radius 1 is 1.32 bits per heavy atom. The lowest BCUT2D eigenvalue weighted by Crippen LogP contribution is -2.29. The summed E-state index contributed by atoms with van der Waals surface area (Å²) in [5.41, 5.74) is 1.42. The highest BCUT2D eigenvalue weighted by molar-refractivity contribution is 5.91. The fourth-order valence-corrected chi connectivity index (χ4v) is 2.05. The van der Waals surface area contributed by atoms with Crippen molar-refractivity contribution in [2.24, 2.45) is 0 Å². The Morgan fingerprint density at radius 2 is 2.05 bits per heavy atom. The second-order valence-electron chi connectivity index (χ2n) is 4.77. The predicted molar refractivity (Wildman–Crippen MR) is 81.4 cm³/mol. The molecule has 1 aromatic heterocycles. The molecule has 1 atom stereocenters. The second-order valence-corrected chi connectivity index (χ2v) is 4.77.